The van der Waals surface area contributed by atoms with Crippen LogP contribution >= 0.6 is 7.82 Å². The third-order valence-corrected chi connectivity index (χ3v) is 7.12. The van der Waals surface area contributed by atoms with Gasteiger partial charge in [-0.25, -0.2) is 4.57 Å². The van der Waals surface area contributed by atoms with Crippen LogP contribution < -0.4 is 0 Å². The van der Waals surface area contributed by atoms with E-state index in [1.54, 1.807) is 0 Å². The van der Waals surface area contributed by atoms with Crippen molar-refractivity contribution in [2.75, 3.05) is 54.1 Å². The van der Waals surface area contributed by atoms with Gasteiger partial charge in [-0.05, 0) is 12.8 Å². The van der Waals surface area contributed by atoms with Gasteiger partial charge >= 0.3 is 13.8 Å². The molecular formula is C28H59NO7P+. The predicted molar refractivity (Wildman–Crippen MR) is 151 cm³/mol. The smallest absolute Gasteiger partial charge is 0.457 e. The molecule has 0 saturated heterocycles. The van der Waals surface area contributed by atoms with Crippen molar-refractivity contribution in [2.45, 2.75) is 123 Å². The molecule has 1 N–H and O–H groups in total. The number of phosphoric acid groups is 1. The molecule has 0 amide bonds. The predicted octanol–water partition coefficient (Wildman–Crippen LogP) is 7.04. The monoisotopic (exact) mass is 552 g/mol. The summed E-state index contributed by atoms with van der Waals surface area (Å²) in [7, 11) is 1.67. The minimum absolute atomic E-state index is 0.0905. The fourth-order valence-corrected chi connectivity index (χ4v) is 4.56. The van der Waals surface area contributed by atoms with Gasteiger partial charge in [0.05, 0.1) is 34.4 Å². The van der Waals surface area contributed by atoms with Crippen molar-refractivity contribution in [1.29, 1.82) is 0 Å². The summed E-state index contributed by atoms with van der Waals surface area (Å²) in [6.45, 7) is 5.26. The first kappa shape index (κ1) is 36.5. The number of ether oxygens (including phenoxy) is 2. The third kappa shape index (κ3) is 26.9. The van der Waals surface area contributed by atoms with Crippen molar-refractivity contribution < 1.29 is 37.3 Å². The Balaban J connectivity index is 3.96. The van der Waals surface area contributed by atoms with Gasteiger partial charge in [-0.1, -0.05) is 97.3 Å². The Morgan fingerprint density at radius 1 is 0.730 bits per heavy atom. The number of quaternary nitrogens is 1. The standard InChI is InChI=1S/C28H58NO7P/c1-6-8-9-10-11-12-13-14-15-16-17-18-19-20-23-33-25-27(36-28(30)21-7-2)26-35-37(31,32)34-24-22-29(3,4)5/h27H,6-26H2,1-5H3/p+1/t27-/m1/s1. The molecule has 0 radical (unpaired) electrons. The van der Waals surface area contributed by atoms with Gasteiger partial charge in [-0.3, -0.25) is 13.8 Å². The van der Waals surface area contributed by atoms with Crippen LogP contribution in [0.25, 0.3) is 0 Å². The second-order valence-electron chi connectivity index (χ2n) is 11.1. The average Bonchev–Trinajstić information content (AvgIpc) is 2.81. The molecule has 0 aromatic heterocycles. The molecule has 0 aromatic rings. The van der Waals surface area contributed by atoms with E-state index in [0.29, 0.717) is 24.1 Å². The fraction of sp³-hybridized carbons (Fsp3) is 0.964. The molecule has 0 aromatic carbocycles. The zero-order valence-electron chi connectivity index (χ0n) is 24.7. The summed E-state index contributed by atoms with van der Waals surface area (Å²) < 4.78 is 34.0. The summed E-state index contributed by atoms with van der Waals surface area (Å²) in [4.78, 5) is 21.9. The van der Waals surface area contributed by atoms with Crippen LogP contribution in [0.5, 0.6) is 0 Å². The van der Waals surface area contributed by atoms with Crippen molar-refractivity contribution in [2.24, 2.45) is 0 Å². The highest BCUT2D eigenvalue weighted by atomic mass is 31.2. The van der Waals surface area contributed by atoms with Gasteiger partial charge in [0.15, 0.2) is 0 Å². The Hall–Kier alpha value is -0.500. The number of carbonyl (C=O) groups excluding carboxylic acids is 1. The molecule has 0 spiro atoms. The topological polar surface area (TPSA) is 91.3 Å². The SMILES string of the molecule is CCCCCCCCCCCCCCCCOC[C@H](COP(=O)(O)OCC[N+](C)(C)C)OC(=O)CCC. The van der Waals surface area contributed by atoms with Gasteiger partial charge in [0, 0.05) is 13.0 Å². The van der Waals surface area contributed by atoms with Crippen molar-refractivity contribution >= 4 is 13.8 Å². The molecule has 0 fully saturated rings. The molecule has 0 aliphatic carbocycles. The number of hydrogen-bond acceptors (Lipinski definition) is 6. The van der Waals surface area contributed by atoms with E-state index in [9.17, 15) is 14.3 Å². The Kier molecular flexibility index (Phi) is 23.1. The molecule has 222 valence electrons. The molecular weight excluding hydrogens is 493 g/mol. The highest BCUT2D eigenvalue weighted by molar-refractivity contribution is 7.47. The van der Waals surface area contributed by atoms with Crippen LogP contribution in [-0.4, -0.2) is 75.6 Å². The number of carbonyl (C=O) groups is 1. The summed E-state index contributed by atoms with van der Waals surface area (Å²) in [5, 5.41) is 0. The van der Waals surface area contributed by atoms with E-state index in [-0.39, 0.29) is 32.2 Å². The summed E-state index contributed by atoms with van der Waals surface area (Å²) in [5.74, 6) is -0.366. The summed E-state index contributed by atoms with van der Waals surface area (Å²) >= 11 is 0. The first-order valence-electron chi connectivity index (χ1n) is 14.8. The molecule has 0 aliphatic heterocycles. The lowest BCUT2D eigenvalue weighted by Gasteiger charge is -2.24. The molecule has 1 unspecified atom stereocenters. The Bertz CT molecular complexity index is 583. The van der Waals surface area contributed by atoms with E-state index in [4.69, 9.17) is 18.5 Å². The largest absolute Gasteiger partial charge is 0.472 e. The van der Waals surface area contributed by atoms with E-state index >= 15 is 0 Å². The van der Waals surface area contributed by atoms with Crippen LogP contribution in [0.15, 0.2) is 0 Å². The number of unbranched alkanes of at least 4 members (excludes halogenated alkanes) is 13. The van der Waals surface area contributed by atoms with Crippen molar-refractivity contribution in [1.82, 2.24) is 0 Å². The average molecular weight is 553 g/mol. The second-order valence-corrected chi connectivity index (χ2v) is 12.6. The van der Waals surface area contributed by atoms with E-state index < -0.39 is 13.9 Å². The van der Waals surface area contributed by atoms with Crippen LogP contribution in [0, 0.1) is 0 Å². The van der Waals surface area contributed by atoms with Crippen molar-refractivity contribution in [3.63, 3.8) is 0 Å². The highest BCUT2D eigenvalue weighted by Gasteiger charge is 2.26. The van der Waals surface area contributed by atoms with E-state index in [1.807, 2.05) is 28.1 Å². The van der Waals surface area contributed by atoms with E-state index in [1.165, 1.54) is 77.0 Å². The van der Waals surface area contributed by atoms with Crippen LogP contribution in [-0.2, 0) is 27.9 Å². The summed E-state index contributed by atoms with van der Waals surface area (Å²) in [5.41, 5.74) is 0. The molecule has 0 aliphatic rings. The highest BCUT2D eigenvalue weighted by Crippen LogP contribution is 2.43. The van der Waals surface area contributed by atoms with Crippen LogP contribution in [0.2, 0.25) is 0 Å². The van der Waals surface area contributed by atoms with Crippen LogP contribution in [0.3, 0.4) is 0 Å². The van der Waals surface area contributed by atoms with Gasteiger partial charge in [0.1, 0.15) is 19.3 Å². The number of phosphoric ester groups is 1. The molecule has 37 heavy (non-hydrogen) atoms. The normalized spacial score (nSPS) is 14.4. The maximum Gasteiger partial charge on any atom is 0.472 e. The minimum Gasteiger partial charge on any atom is -0.457 e. The van der Waals surface area contributed by atoms with Crippen molar-refractivity contribution in [3.05, 3.63) is 0 Å². The minimum atomic E-state index is -4.22. The molecule has 8 nitrogen and oxygen atoms in total. The number of nitrogens with zero attached hydrogens (tertiary/aromatic N) is 1. The Labute approximate surface area is 228 Å². The Morgan fingerprint density at radius 2 is 1.24 bits per heavy atom. The zero-order chi connectivity index (χ0) is 27.8. The van der Waals surface area contributed by atoms with Crippen molar-refractivity contribution in [3.8, 4) is 0 Å². The van der Waals surface area contributed by atoms with Gasteiger partial charge in [-0.15, -0.1) is 0 Å². The molecule has 0 saturated carbocycles. The van der Waals surface area contributed by atoms with Crippen LogP contribution in [0.1, 0.15) is 117 Å². The molecule has 2 atom stereocenters. The lowest BCUT2D eigenvalue weighted by Crippen LogP contribution is -2.37. The lowest BCUT2D eigenvalue weighted by molar-refractivity contribution is -0.870. The summed E-state index contributed by atoms with van der Waals surface area (Å²) in [6.07, 6.45) is 18.4. The number of likely N-dealkylation sites (N-methyl/N-ethyl adjacent to an activating group) is 1. The Morgan fingerprint density at radius 3 is 1.73 bits per heavy atom. The van der Waals surface area contributed by atoms with Crippen LogP contribution in [0.4, 0.5) is 0 Å². The summed E-state index contributed by atoms with van der Waals surface area (Å²) in [6, 6.07) is 0. The van der Waals surface area contributed by atoms with E-state index in [2.05, 4.69) is 6.92 Å². The number of esters is 1. The van der Waals surface area contributed by atoms with Gasteiger partial charge < -0.3 is 18.9 Å². The van der Waals surface area contributed by atoms with Gasteiger partial charge in [0.25, 0.3) is 0 Å². The van der Waals surface area contributed by atoms with E-state index in [0.717, 1.165) is 12.8 Å². The third-order valence-electron chi connectivity index (χ3n) is 6.14. The van der Waals surface area contributed by atoms with Gasteiger partial charge in [-0.2, -0.15) is 0 Å². The molecule has 9 heteroatoms. The maximum atomic E-state index is 12.2. The number of rotatable bonds is 27. The maximum absolute atomic E-state index is 12.2. The first-order chi connectivity index (χ1) is 17.6. The first-order valence-corrected chi connectivity index (χ1v) is 16.3. The molecule has 0 heterocycles. The lowest BCUT2D eigenvalue weighted by atomic mass is 10.0. The zero-order valence-corrected chi connectivity index (χ0v) is 25.6. The fourth-order valence-electron chi connectivity index (χ4n) is 3.82. The molecule has 0 bridgehead atoms. The quantitative estimate of drug-likeness (QED) is 0.0506. The van der Waals surface area contributed by atoms with Gasteiger partial charge in [0.2, 0.25) is 0 Å². The number of hydrogen-bond donors (Lipinski definition) is 1. The second kappa shape index (κ2) is 23.4. The molecule has 0 rings (SSSR count).